The van der Waals surface area contributed by atoms with Crippen LogP contribution < -0.4 is 0 Å². The monoisotopic (exact) mass is 335 g/mol. The van der Waals surface area contributed by atoms with Crippen molar-refractivity contribution in [1.29, 1.82) is 0 Å². The van der Waals surface area contributed by atoms with Gasteiger partial charge in [-0.25, -0.2) is 4.79 Å². The fourth-order valence-electron chi connectivity index (χ4n) is 3.08. The van der Waals surface area contributed by atoms with E-state index in [-0.39, 0.29) is 5.97 Å². The topological polar surface area (TPSA) is 29.5 Å². The minimum Gasteiger partial charge on any atom is -0.468 e. The van der Waals surface area contributed by atoms with Gasteiger partial charge in [-0.05, 0) is 29.7 Å². The van der Waals surface area contributed by atoms with Crippen molar-refractivity contribution in [2.75, 3.05) is 20.2 Å². The predicted octanol–water partition coefficient (Wildman–Crippen LogP) is 3.82. The number of hydrogen-bond acceptors (Lipinski definition) is 4. The van der Waals surface area contributed by atoms with Gasteiger partial charge >= 0.3 is 5.97 Å². The zero-order chi connectivity index (χ0) is 15.7. The second kappa shape index (κ2) is 6.49. The molecule has 1 unspecified atom stereocenters. The maximum Gasteiger partial charge on any atom is 0.327 e. The Bertz CT molecular complexity index is 643. The summed E-state index contributed by atoms with van der Waals surface area (Å²) in [5.41, 5.74) is 2.14. The number of rotatable bonds is 3. The Kier molecular flexibility index (Phi) is 4.62. The molecule has 22 heavy (non-hydrogen) atoms. The van der Waals surface area contributed by atoms with Crippen LogP contribution in [0.3, 0.4) is 0 Å². The van der Waals surface area contributed by atoms with Crippen LogP contribution >= 0.6 is 23.4 Å². The van der Waals surface area contributed by atoms with Crippen LogP contribution in [0.15, 0.2) is 47.4 Å². The normalized spacial score (nSPS) is 22.9. The van der Waals surface area contributed by atoms with Gasteiger partial charge in [0.05, 0.1) is 7.11 Å². The number of methoxy groups -OCH3 is 1. The van der Waals surface area contributed by atoms with Crippen LogP contribution in [0.4, 0.5) is 0 Å². The van der Waals surface area contributed by atoms with E-state index < -0.39 is 6.04 Å². The molecule has 0 aromatic heterocycles. The Morgan fingerprint density at radius 3 is 3.00 bits per heavy atom. The maximum atomic E-state index is 12.4. The van der Waals surface area contributed by atoms with Crippen molar-refractivity contribution in [2.45, 2.75) is 17.7 Å². The van der Waals surface area contributed by atoms with Crippen molar-refractivity contribution >= 4 is 29.3 Å². The first-order chi connectivity index (χ1) is 10.6. The van der Waals surface area contributed by atoms with E-state index in [1.807, 2.05) is 36.0 Å². The molecule has 2 aliphatic rings. The Morgan fingerprint density at radius 1 is 1.50 bits per heavy atom. The molecule has 0 N–H and O–H groups in total. The molecular weight excluding hydrogens is 318 g/mol. The number of hydrogen-bond donors (Lipinski definition) is 0. The molecule has 3 nitrogen and oxygen atoms in total. The van der Waals surface area contributed by atoms with Gasteiger partial charge in [-0.15, -0.1) is 11.8 Å². The molecule has 0 radical (unpaired) electrons. The summed E-state index contributed by atoms with van der Waals surface area (Å²) in [4.78, 5) is 15.6. The molecule has 0 saturated carbocycles. The number of piperidine rings is 1. The minimum atomic E-state index is -0.459. The molecule has 1 saturated heterocycles. The number of allylic oxidation sites excluding steroid dienone is 1. The second-order valence-corrected chi connectivity index (χ2v) is 7.23. The summed E-state index contributed by atoms with van der Waals surface area (Å²) < 4.78 is 5.03. The Labute approximate surface area is 140 Å². The van der Waals surface area contributed by atoms with Crippen LogP contribution in [0, 0.1) is 0 Å². The molecule has 1 aromatic rings. The number of halogens is 1. The first-order valence-electron chi connectivity index (χ1n) is 7.22. The van der Waals surface area contributed by atoms with Crippen LogP contribution in [0.2, 0.25) is 5.02 Å². The summed E-state index contributed by atoms with van der Waals surface area (Å²) in [6, 6.07) is 7.02. The van der Waals surface area contributed by atoms with Crippen molar-refractivity contribution < 1.29 is 9.53 Å². The van der Waals surface area contributed by atoms with E-state index >= 15 is 0 Å². The van der Waals surface area contributed by atoms with Gasteiger partial charge < -0.3 is 4.74 Å². The molecule has 1 fully saturated rings. The third kappa shape index (κ3) is 2.96. The molecule has 1 aromatic carbocycles. The number of carbonyl (C=O) groups is 1. The van der Waals surface area contributed by atoms with Crippen LogP contribution in [-0.2, 0) is 9.53 Å². The smallest absolute Gasteiger partial charge is 0.327 e. The van der Waals surface area contributed by atoms with Gasteiger partial charge in [0.25, 0.3) is 0 Å². The van der Waals surface area contributed by atoms with Crippen molar-refractivity contribution in [3.8, 4) is 0 Å². The zero-order valence-electron chi connectivity index (χ0n) is 12.4. The number of carbonyl (C=O) groups excluding carboxylic acids is 1. The summed E-state index contributed by atoms with van der Waals surface area (Å²) in [5, 5.41) is 1.10. The minimum absolute atomic E-state index is 0.267. The maximum absolute atomic E-state index is 12.4. The van der Waals surface area contributed by atoms with E-state index in [1.165, 1.54) is 12.7 Å². The molecule has 0 bridgehead atoms. The number of nitrogens with zero attached hydrogens (tertiary/aromatic N) is 1. The quantitative estimate of drug-likeness (QED) is 0.785. The van der Waals surface area contributed by atoms with Gasteiger partial charge in [0, 0.05) is 28.3 Å². The second-order valence-electron chi connectivity index (χ2n) is 5.50. The predicted molar refractivity (Wildman–Crippen MR) is 91.0 cm³/mol. The van der Waals surface area contributed by atoms with Crippen LogP contribution in [0.5, 0.6) is 0 Å². The van der Waals surface area contributed by atoms with E-state index in [0.717, 1.165) is 30.0 Å². The third-order valence-electron chi connectivity index (χ3n) is 4.11. The Hall–Kier alpha value is -1.23. The number of esters is 1. The molecule has 2 aliphatic heterocycles. The SMILES string of the molecule is C=C1C=C2CN([C@H](C(=O)OC)c3ccccc3Cl)CCC2S1. The molecular formula is C17H18ClNO2S. The molecule has 0 spiro atoms. The lowest BCUT2D eigenvalue weighted by Gasteiger charge is -2.36. The molecule has 2 atom stereocenters. The van der Waals surface area contributed by atoms with Crippen molar-refractivity contribution in [3.05, 3.63) is 58.0 Å². The average molecular weight is 336 g/mol. The summed E-state index contributed by atoms with van der Waals surface area (Å²) in [7, 11) is 1.42. The Morgan fingerprint density at radius 2 is 2.27 bits per heavy atom. The Balaban J connectivity index is 1.91. The van der Waals surface area contributed by atoms with Crippen molar-refractivity contribution in [1.82, 2.24) is 4.90 Å². The number of benzene rings is 1. The van der Waals surface area contributed by atoms with E-state index in [1.54, 1.807) is 0 Å². The lowest BCUT2D eigenvalue weighted by Crippen LogP contribution is -2.42. The van der Waals surface area contributed by atoms with Gasteiger partial charge in [-0.3, -0.25) is 4.90 Å². The highest BCUT2D eigenvalue weighted by Crippen LogP contribution is 2.42. The molecule has 0 amide bonds. The molecule has 116 valence electrons. The van der Waals surface area contributed by atoms with Crippen molar-refractivity contribution in [2.24, 2.45) is 0 Å². The van der Waals surface area contributed by atoms with Crippen LogP contribution in [0.25, 0.3) is 0 Å². The highest BCUT2D eigenvalue weighted by molar-refractivity contribution is 8.04. The fourth-order valence-corrected chi connectivity index (χ4v) is 4.42. The summed E-state index contributed by atoms with van der Waals surface area (Å²) in [6.45, 7) is 5.62. The number of ether oxygens (including phenoxy) is 1. The average Bonchev–Trinajstić information content (AvgIpc) is 2.88. The van der Waals surface area contributed by atoms with E-state index in [2.05, 4.69) is 17.6 Å². The van der Waals surface area contributed by atoms with Crippen molar-refractivity contribution in [3.63, 3.8) is 0 Å². The van der Waals surface area contributed by atoms with Gasteiger partial charge in [0.15, 0.2) is 0 Å². The summed E-state index contributed by atoms with van der Waals surface area (Å²) in [6.07, 6.45) is 3.15. The van der Waals surface area contributed by atoms with E-state index in [9.17, 15) is 4.79 Å². The largest absolute Gasteiger partial charge is 0.468 e. The lowest BCUT2D eigenvalue weighted by atomic mass is 9.98. The molecule has 0 aliphatic carbocycles. The molecule has 5 heteroatoms. The van der Waals surface area contributed by atoms with Gasteiger partial charge in [-0.2, -0.15) is 0 Å². The fraction of sp³-hybridized carbons (Fsp3) is 0.353. The molecule has 2 heterocycles. The van der Waals surface area contributed by atoms with Gasteiger partial charge in [0.2, 0.25) is 0 Å². The first kappa shape index (κ1) is 15.7. The first-order valence-corrected chi connectivity index (χ1v) is 8.48. The highest BCUT2D eigenvalue weighted by atomic mass is 35.5. The van der Waals surface area contributed by atoms with Crippen LogP contribution in [-0.4, -0.2) is 36.3 Å². The molecule has 3 rings (SSSR count). The highest BCUT2D eigenvalue weighted by Gasteiger charge is 2.36. The van der Waals surface area contributed by atoms with E-state index in [0.29, 0.717) is 10.3 Å². The number of likely N-dealkylation sites (tertiary alicyclic amines) is 1. The number of thioether (sulfide) groups is 1. The third-order valence-corrected chi connectivity index (χ3v) is 5.69. The summed E-state index contributed by atoms with van der Waals surface area (Å²) in [5.74, 6) is -0.267. The van der Waals surface area contributed by atoms with Crippen LogP contribution in [0.1, 0.15) is 18.0 Å². The zero-order valence-corrected chi connectivity index (χ0v) is 14.0. The summed E-state index contributed by atoms with van der Waals surface area (Å²) >= 11 is 8.13. The number of fused-ring (bicyclic) bond motifs is 1. The lowest BCUT2D eigenvalue weighted by molar-refractivity contribution is -0.147. The van der Waals surface area contributed by atoms with Gasteiger partial charge in [0.1, 0.15) is 6.04 Å². The van der Waals surface area contributed by atoms with Gasteiger partial charge in [-0.1, -0.05) is 36.4 Å². The standard InChI is InChI=1S/C17H18ClNO2S/c1-11-9-12-10-19(8-7-15(12)22-11)16(17(20)21-2)13-5-3-4-6-14(13)18/h3-6,9,15-16H,1,7-8,10H2,2H3/t15?,16-/m0/s1. The van der Waals surface area contributed by atoms with E-state index in [4.69, 9.17) is 16.3 Å².